The van der Waals surface area contributed by atoms with Crippen molar-refractivity contribution in [2.45, 2.75) is 29.2 Å². The highest BCUT2D eigenvalue weighted by Crippen LogP contribution is 2.47. The smallest absolute Gasteiger partial charge is 0.168 e. The zero-order chi connectivity index (χ0) is 16.5. The molecule has 4 nitrogen and oxygen atoms in total. The first-order chi connectivity index (χ1) is 11.7. The number of halogens is 2. The van der Waals surface area contributed by atoms with Gasteiger partial charge in [0.25, 0.3) is 0 Å². The largest absolute Gasteiger partial charge is 0.323 e. The fourth-order valence-corrected chi connectivity index (χ4v) is 4.61. The van der Waals surface area contributed by atoms with E-state index in [1.54, 1.807) is 11.8 Å². The van der Waals surface area contributed by atoms with E-state index in [0.717, 1.165) is 30.4 Å². The zero-order valence-electron chi connectivity index (χ0n) is 13.2. The van der Waals surface area contributed by atoms with Gasteiger partial charge < -0.3 is 9.80 Å². The lowest BCUT2D eigenvalue weighted by Gasteiger charge is -2.31. The normalized spacial score (nSPS) is 17.0. The van der Waals surface area contributed by atoms with E-state index in [2.05, 4.69) is 38.0 Å². The summed E-state index contributed by atoms with van der Waals surface area (Å²) in [6.07, 6.45) is 3.73. The second-order valence-corrected chi connectivity index (χ2v) is 7.80. The predicted molar refractivity (Wildman–Crippen MR) is 99.9 cm³/mol. The standard InChI is InChI=1S/C17H18Cl2N4S/c18-14-15(19)21-17-16(20-14)23(11-5-10-22-8-3-4-9-22)12-6-1-2-7-13(12)24-17/h1-2,6-7H,3-5,8-11H2. The van der Waals surface area contributed by atoms with E-state index < -0.39 is 0 Å². The molecule has 2 aliphatic rings. The molecule has 2 aliphatic heterocycles. The van der Waals surface area contributed by atoms with Crippen molar-refractivity contribution in [1.29, 1.82) is 0 Å². The third-order valence-electron chi connectivity index (χ3n) is 4.44. The van der Waals surface area contributed by atoms with Crippen LogP contribution in [-0.2, 0) is 0 Å². The van der Waals surface area contributed by atoms with Crippen molar-refractivity contribution in [3.63, 3.8) is 0 Å². The Kier molecular flexibility index (Phi) is 4.86. The molecule has 0 spiro atoms. The van der Waals surface area contributed by atoms with Gasteiger partial charge in [0.05, 0.1) is 5.69 Å². The first-order valence-electron chi connectivity index (χ1n) is 8.22. The van der Waals surface area contributed by atoms with Crippen LogP contribution in [0, 0.1) is 0 Å². The Bertz CT molecular complexity index is 749. The van der Waals surface area contributed by atoms with Gasteiger partial charge in [-0.05, 0) is 51.0 Å². The molecular weight excluding hydrogens is 363 g/mol. The first-order valence-corrected chi connectivity index (χ1v) is 9.79. The number of fused-ring (bicyclic) bond motifs is 2. The van der Waals surface area contributed by atoms with E-state index >= 15 is 0 Å². The van der Waals surface area contributed by atoms with Crippen LogP contribution in [0.15, 0.2) is 34.2 Å². The molecule has 1 fully saturated rings. The minimum Gasteiger partial charge on any atom is -0.323 e. The third kappa shape index (κ3) is 3.23. The SMILES string of the molecule is Clc1nc2c(nc1Cl)N(CCCN1CCCC1)c1ccccc1S2. The van der Waals surface area contributed by atoms with E-state index in [4.69, 9.17) is 23.2 Å². The van der Waals surface area contributed by atoms with Crippen LogP contribution in [0.25, 0.3) is 0 Å². The molecule has 7 heteroatoms. The van der Waals surface area contributed by atoms with Crippen molar-refractivity contribution in [3.05, 3.63) is 34.6 Å². The number of anilines is 2. The highest BCUT2D eigenvalue weighted by molar-refractivity contribution is 7.99. The number of likely N-dealkylation sites (tertiary alicyclic amines) is 1. The van der Waals surface area contributed by atoms with Crippen LogP contribution in [0.4, 0.5) is 11.5 Å². The monoisotopic (exact) mass is 380 g/mol. The van der Waals surface area contributed by atoms with E-state index in [1.807, 2.05) is 6.07 Å². The maximum absolute atomic E-state index is 6.13. The number of hydrogen-bond acceptors (Lipinski definition) is 5. The van der Waals surface area contributed by atoms with Crippen molar-refractivity contribution in [2.75, 3.05) is 31.1 Å². The first kappa shape index (κ1) is 16.5. The zero-order valence-corrected chi connectivity index (χ0v) is 15.5. The van der Waals surface area contributed by atoms with Crippen LogP contribution in [0.2, 0.25) is 10.3 Å². The fourth-order valence-electron chi connectivity index (χ4n) is 3.29. The van der Waals surface area contributed by atoms with Gasteiger partial charge in [0.15, 0.2) is 16.1 Å². The molecule has 3 heterocycles. The van der Waals surface area contributed by atoms with Gasteiger partial charge in [0.1, 0.15) is 5.03 Å². The number of aromatic nitrogens is 2. The molecule has 2 aromatic rings. The fraction of sp³-hybridized carbons (Fsp3) is 0.412. The highest BCUT2D eigenvalue weighted by atomic mass is 35.5. The molecule has 0 N–H and O–H groups in total. The maximum Gasteiger partial charge on any atom is 0.168 e. The maximum atomic E-state index is 6.13. The molecule has 0 unspecified atom stereocenters. The number of para-hydroxylation sites is 1. The summed E-state index contributed by atoms with van der Waals surface area (Å²) in [4.78, 5) is 14.9. The lowest BCUT2D eigenvalue weighted by atomic mass is 10.2. The van der Waals surface area contributed by atoms with Crippen LogP contribution in [-0.4, -0.2) is 41.0 Å². The Morgan fingerprint density at radius 2 is 1.75 bits per heavy atom. The summed E-state index contributed by atoms with van der Waals surface area (Å²) in [5.41, 5.74) is 1.17. The Morgan fingerprint density at radius 3 is 2.58 bits per heavy atom. The van der Waals surface area contributed by atoms with E-state index in [-0.39, 0.29) is 10.3 Å². The van der Waals surface area contributed by atoms with Crippen LogP contribution >= 0.6 is 35.0 Å². The molecule has 1 saturated heterocycles. The van der Waals surface area contributed by atoms with Gasteiger partial charge in [-0.25, -0.2) is 9.97 Å². The van der Waals surface area contributed by atoms with Gasteiger partial charge in [0.2, 0.25) is 0 Å². The second-order valence-electron chi connectivity index (χ2n) is 6.06. The summed E-state index contributed by atoms with van der Waals surface area (Å²) in [6.45, 7) is 4.47. The van der Waals surface area contributed by atoms with Gasteiger partial charge in [-0.1, -0.05) is 47.1 Å². The van der Waals surface area contributed by atoms with E-state index in [0.29, 0.717) is 0 Å². The summed E-state index contributed by atoms with van der Waals surface area (Å²) in [5.74, 6) is 0.814. The number of nitrogens with zero attached hydrogens (tertiary/aromatic N) is 4. The third-order valence-corrected chi connectivity index (χ3v) is 6.09. The summed E-state index contributed by atoms with van der Waals surface area (Å²) >= 11 is 13.8. The average Bonchev–Trinajstić information content (AvgIpc) is 3.09. The van der Waals surface area contributed by atoms with E-state index in [1.165, 1.54) is 36.5 Å². The van der Waals surface area contributed by atoms with Crippen LogP contribution in [0.3, 0.4) is 0 Å². The van der Waals surface area contributed by atoms with Crippen molar-refractivity contribution in [2.24, 2.45) is 0 Å². The molecule has 0 aliphatic carbocycles. The van der Waals surface area contributed by atoms with Crippen molar-refractivity contribution in [3.8, 4) is 0 Å². The minimum atomic E-state index is 0.263. The van der Waals surface area contributed by atoms with Crippen LogP contribution < -0.4 is 4.90 Å². The number of rotatable bonds is 4. The lowest BCUT2D eigenvalue weighted by molar-refractivity contribution is 0.335. The molecular formula is C17H18Cl2N4S. The summed E-state index contributed by atoms with van der Waals surface area (Å²) in [7, 11) is 0. The van der Waals surface area contributed by atoms with Gasteiger partial charge in [-0.15, -0.1) is 0 Å². The highest BCUT2D eigenvalue weighted by Gasteiger charge is 2.27. The summed E-state index contributed by atoms with van der Waals surface area (Å²) in [5, 5.41) is 1.35. The Balaban J connectivity index is 1.60. The number of benzene rings is 1. The molecule has 24 heavy (non-hydrogen) atoms. The predicted octanol–water partition coefficient (Wildman–Crippen LogP) is 4.87. The van der Waals surface area contributed by atoms with E-state index in [9.17, 15) is 0 Å². The lowest BCUT2D eigenvalue weighted by Crippen LogP contribution is -2.28. The summed E-state index contributed by atoms with van der Waals surface area (Å²) < 4.78 is 0. The summed E-state index contributed by atoms with van der Waals surface area (Å²) in [6, 6.07) is 8.35. The van der Waals surface area contributed by atoms with Crippen molar-refractivity contribution < 1.29 is 0 Å². The average molecular weight is 381 g/mol. The molecule has 0 radical (unpaired) electrons. The molecule has 0 atom stereocenters. The second kappa shape index (κ2) is 7.08. The number of hydrogen-bond donors (Lipinski definition) is 0. The molecule has 0 bridgehead atoms. The molecule has 126 valence electrons. The Hall–Kier alpha value is -1.01. The Morgan fingerprint density at radius 1 is 1.00 bits per heavy atom. The molecule has 1 aromatic heterocycles. The molecule has 4 rings (SSSR count). The topological polar surface area (TPSA) is 32.3 Å². The van der Waals surface area contributed by atoms with Crippen LogP contribution in [0.1, 0.15) is 19.3 Å². The molecule has 0 saturated carbocycles. The minimum absolute atomic E-state index is 0.263. The van der Waals surface area contributed by atoms with Crippen LogP contribution in [0.5, 0.6) is 0 Å². The molecule has 0 amide bonds. The van der Waals surface area contributed by atoms with Gasteiger partial charge >= 0.3 is 0 Å². The van der Waals surface area contributed by atoms with Crippen molar-refractivity contribution >= 4 is 46.5 Å². The van der Waals surface area contributed by atoms with Gasteiger partial charge in [-0.3, -0.25) is 0 Å². The van der Waals surface area contributed by atoms with Crippen molar-refractivity contribution in [1.82, 2.24) is 14.9 Å². The quantitative estimate of drug-likeness (QED) is 0.754. The molecule has 1 aromatic carbocycles. The van der Waals surface area contributed by atoms with Gasteiger partial charge in [-0.2, -0.15) is 0 Å². The van der Waals surface area contributed by atoms with Gasteiger partial charge in [0, 0.05) is 11.4 Å². The Labute approximate surface area is 156 Å².